The Morgan fingerprint density at radius 2 is 2.00 bits per heavy atom. The third-order valence-electron chi connectivity index (χ3n) is 2.94. The van der Waals surface area contributed by atoms with Crippen LogP contribution in [0.25, 0.3) is 0 Å². The van der Waals surface area contributed by atoms with Gasteiger partial charge in [-0.1, -0.05) is 20.8 Å². The molecule has 4 nitrogen and oxygen atoms in total. The third-order valence-corrected chi connectivity index (χ3v) is 2.94. The highest BCUT2D eigenvalue weighted by Crippen LogP contribution is 2.21. The minimum atomic E-state index is -0.786. The minimum absolute atomic E-state index is 0.0694. The Kier molecular flexibility index (Phi) is 4.11. The highest BCUT2D eigenvalue weighted by molar-refractivity contribution is 5.73. The number of rotatable bonds is 3. The van der Waals surface area contributed by atoms with Crippen molar-refractivity contribution in [3.05, 3.63) is 0 Å². The second kappa shape index (κ2) is 4.94. The van der Waals surface area contributed by atoms with Gasteiger partial charge in [-0.3, -0.25) is 9.69 Å². The van der Waals surface area contributed by atoms with Crippen molar-refractivity contribution < 1.29 is 15.0 Å². The van der Waals surface area contributed by atoms with Crippen LogP contribution >= 0.6 is 0 Å². The van der Waals surface area contributed by atoms with Gasteiger partial charge in [-0.15, -0.1) is 0 Å². The second-order valence-electron chi connectivity index (χ2n) is 4.98. The van der Waals surface area contributed by atoms with Crippen molar-refractivity contribution >= 4 is 5.97 Å². The summed E-state index contributed by atoms with van der Waals surface area (Å²) in [4.78, 5) is 13.0. The van der Waals surface area contributed by atoms with Crippen LogP contribution in [0, 0.1) is 11.8 Å². The zero-order valence-electron chi connectivity index (χ0n) is 9.68. The molecule has 1 aliphatic heterocycles. The summed E-state index contributed by atoms with van der Waals surface area (Å²) in [5.74, 6) is -0.347. The molecule has 0 spiro atoms. The Labute approximate surface area is 90.9 Å². The van der Waals surface area contributed by atoms with Crippen LogP contribution in [0.15, 0.2) is 0 Å². The number of β-amino-alcohol motifs (C(OH)–C–C–N with tert-alkyl or cyclic N) is 1. The quantitative estimate of drug-likeness (QED) is 0.731. The van der Waals surface area contributed by atoms with Crippen LogP contribution in [-0.4, -0.2) is 46.3 Å². The summed E-state index contributed by atoms with van der Waals surface area (Å²) in [5, 5.41) is 18.8. The van der Waals surface area contributed by atoms with Crippen LogP contribution in [0.3, 0.4) is 0 Å². The van der Waals surface area contributed by atoms with Gasteiger partial charge in [-0.05, 0) is 18.3 Å². The molecule has 1 saturated heterocycles. The van der Waals surface area contributed by atoms with E-state index in [2.05, 4.69) is 6.92 Å². The predicted molar refractivity (Wildman–Crippen MR) is 57.6 cm³/mol. The molecule has 2 N–H and O–H groups in total. The maximum Gasteiger partial charge on any atom is 0.321 e. The SMILES string of the molecule is CC(C)C(C(=O)O)N1C[C@@H](C)C[C@@H](O)C1. The molecule has 4 heteroatoms. The van der Waals surface area contributed by atoms with Gasteiger partial charge in [-0.2, -0.15) is 0 Å². The molecule has 0 aliphatic carbocycles. The van der Waals surface area contributed by atoms with E-state index in [-0.39, 0.29) is 12.0 Å². The van der Waals surface area contributed by atoms with Crippen LogP contribution in [0.4, 0.5) is 0 Å². The monoisotopic (exact) mass is 215 g/mol. The Balaban J connectivity index is 2.70. The van der Waals surface area contributed by atoms with Crippen molar-refractivity contribution in [1.82, 2.24) is 4.90 Å². The number of nitrogens with zero attached hydrogens (tertiary/aromatic N) is 1. The molecular formula is C11H21NO3. The molecule has 1 aliphatic rings. The fraction of sp³-hybridized carbons (Fsp3) is 0.909. The standard InChI is InChI=1S/C11H21NO3/c1-7(2)10(11(14)15)12-5-8(3)4-9(13)6-12/h7-10,13H,4-6H2,1-3H3,(H,14,15)/t8-,9+,10?/m0/s1. The largest absolute Gasteiger partial charge is 0.480 e. The van der Waals surface area contributed by atoms with Crippen LogP contribution < -0.4 is 0 Å². The zero-order valence-corrected chi connectivity index (χ0v) is 9.68. The second-order valence-corrected chi connectivity index (χ2v) is 4.98. The summed E-state index contributed by atoms with van der Waals surface area (Å²) in [6.07, 6.45) is 0.398. The topological polar surface area (TPSA) is 60.8 Å². The van der Waals surface area contributed by atoms with Gasteiger partial charge in [0.05, 0.1) is 6.10 Å². The average molecular weight is 215 g/mol. The van der Waals surface area contributed by atoms with Crippen molar-refractivity contribution in [3.8, 4) is 0 Å². The van der Waals surface area contributed by atoms with E-state index < -0.39 is 12.0 Å². The Hall–Kier alpha value is -0.610. The number of aliphatic carboxylic acids is 1. The number of likely N-dealkylation sites (tertiary alicyclic amines) is 1. The lowest BCUT2D eigenvalue weighted by Gasteiger charge is -2.39. The zero-order chi connectivity index (χ0) is 11.6. The number of hydrogen-bond donors (Lipinski definition) is 2. The Morgan fingerprint density at radius 1 is 1.40 bits per heavy atom. The molecule has 1 heterocycles. The van der Waals surface area contributed by atoms with Gasteiger partial charge in [0.2, 0.25) is 0 Å². The first-order valence-electron chi connectivity index (χ1n) is 5.56. The third kappa shape index (κ3) is 3.18. The summed E-state index contributed by atoms with van der Waals surface area (Å²) < 4.78 is 0. The smallest absolute Gasteiger partial charge is 0.321 e. The molecule has 0 aromatic carbocycles. The highest BCUT2D eigenvalue weighted by Gasteiger charge is 2.34. The number of hydrogen-bond acceptors (Lipinski definition) is 3. The summed E-state index contributed by atoms with van der Waals surface area (Å²) >= 11 is 0. The summed E-state index contributed by atoms with van der Waals surface area (Å²) in [7, 11) is 0. The molecule has 0 radical (unpaired) electrons. The molecule has 1 rings (SSSR count). The van der Waals surface area contributed by atoms with Crippen molar-refractivity contribution in [2.75, 3.05) is 13.1 Å². The van der Waals surface area contributed by atoms with Crippen molar-refractivity contribution in [2.24, 2.45) is 11.8 Å². The molecule has 0 bridgehead atoms. The molecule has 0 saturated carbocycles. The number of carboxylic acid groups (broad SMARTS) is 1. The predicted octanol–water partition coefficient (Wildman–Crippen LogP) is 0.798. The first-order valence-corrected chi connectivity index (χ1v) is 5.56. The van der Waals surface area contributed by atoms with Crippen LogP contribution in [0.1, 0.15) is 27.2 Å². The normalized spacial score (nSPS) is 30.5. The van der Waals surface area contributed by atoms with Crippen molar-refractivity contribution in [3.63, 3.8) is 0 Å². The molecule has 3 atom stereocenters. The van der Waals surface area contributed by atoms with Gasteiger partial charge in [0, 0.05) is 13.1 Å². The first-order chi connectivity index (χ1) is 6.91. The lowest BCUT2D eigenvalue weighted by molar-refractivity contribution is -0.147. The summed E-state index contributed by atoms with van der Waals surface area (Å²) in [5.41, 5.74) is 0. The molecule has 1 unspecified atom stereocenters. The van der Waals surface area contributed by atoms with Crippen LogP contribution in [0.5, 0.6) is 0 Å². The molecule has 0 aromatic rings. The molecule has 15 heavy (non-hydrogen) atoms. The fourth-order valence-electron chi connectivity index (χ4n) is 2.45. The van der Waals surface area contributed by atoms with E-state index in [1.54, 1.807) is 0 Å². The van der Waals surface area contributed by atoms with Crippen LogP contribution in [-0.2, 0) is 4.79 Å². The van der Waals surface area contributed by atoms with Gasteiger partial charge < -0.3 is 10.2 Å². The number of aliphatic hydroxyl groups is 1. The molecule has 88 valence electrons. The molecular weight excluding hydrogens is 194 g/mol. The summed E-state index contributed by atoms with van der Waals surface area (Å²) in [6.45, 7) is 7.12. The van der Waals surface area contributed by atoms with E-state index in [0.717, 1.165) is 13.0 Å². The number of aliphatic hydroxyl groups excluding tert-OH is 1. The number of piperidine rings is 1. The summed E-state index contributed by atoms with van der Waals surface area (Å²) in [6, 6.07) is -0.470. The average Bonchev–Trinajstić information content (AvgIpc) is 1.99. The van der Waals surface area contributed by atoms with Gasteiger partial charge in [-0.25, -0.2) is 0 Å². The van der Waals surface area contributed by atoms with Crippen molar-refractivity contribution in [2.45, 2.75) is 39.3 Å². The highest BCUT2D eigenvalue weighted by atomic mass is 16.4. The van der Waals surface area contributed by atoms with Gasteiger partial charge in [0.25, 0.3) is 0 Å². The maximum atomic E-state index is 11.1. The number of carbonyl (C=O) groups is 1. The van der Waals surface area contributed by atoms with E-state index in [0.29, 0.717) is 12.5 Å². The first kappa shape index (κ1) is 12.5. The number of carboxylic acids is 1. The van der Waals surface area contributed by atoms with E-state index in [4.69, 9.17) is 5.11 Å². The van der Waals surface area contributed by atoms with E-state index >= 15 is 0 Å². The Morgan fingerprint density at radius 3 is 2.40 bits per heavy atom. The fourth-order valence-corrected chi connectivity index (χ4v) is 2.45. The Bertz CT molecular complexity index is 220. The van der Waals surface area contributed by atoms with E-state index in [9.17, 15) is 9.90 Å². The lowest BCUT2D eigenvalue weighted by Crippen LogP contribution is -2.52. The molecule has 0 amide bonds. The van der Waals surface area contributed by atoms with Crippen LogP contribution in [0.2, 0.25) is 0 Å². The minimum Gasteiger partial charge on any atom is -0.480 e. The van der Waals surface area contributed by atoms with E-state index in [1.165, 1.54) is 0 Å². The van der Waals surface area contributed by atoms with Gasteiger partial charge in [0.15, 0.2) is 0 Å². The van der Waals surface area contributed by atoms with Gasteiger partial charge >= 0.3 is 5.97 Å². The molecule has 0 aromatic heterocycles. The van der Waals surface area contributed by atoms with Crippen molar-refractivity contribution in [1.29, 1.82) is 0 Å². The van der Waals surface area contributed by atoms with E-state index in [1.807, 2.05) is 18.7 Å². The molecule has 1 fully saturated rings. The maximum absolute atomic E-state index is 11.1. The van der Waals surface area contributed by atoms with Gasteiger partial charge in [0.1, 0.15) is 6.04 Å². The lowest BCUT2D eigenvalue weighted by atomic mass is 9.93.